The number of hydrogen-bond donors (Lipinski definition) is 0. The van der Waals surface area contributed by atoms with E-state index in [1.54, 1.807) is 25.1 Å². The third-order valence-corrected chi connectivity index (χ3v) is 5.46. The van der Waals surface area contributed by atoms with E-state index in [2.05, 4.69) is 13.8 Å². The fourth-order valence-electron chi connectivity index (χ4n) is 2.51. The molecule has 0 heterocycles. The van der Waals surface area contributed by atoms with Crippen molar-refractivity contribution in [2.24, 2.45) is 0 Å². The summed E-state index contributed by atoms with van der Waals surface area (Å²) in [6, 6.07) is 8.17. The Morgan fingerprint density at radius 1 is 1.04 bits per heavy atom. The number of ether oxygens (including phenoxy) is 1. The molecule has 0 saturated carbocycles. The topological polar surface area (TPSA) is 52.6 Å². The summed E-state index contributed by atoms with van der Waals surface area (Å²) in [6.07, 6.45) is 0. The predicted molar refractivity (Wildman–Crippen MR) is 95.8 cm³/mol. The molecule has 0 saturated heterocycles. The average Bonchev–Trinajstić information content (AvgIpc) is 2.48. The second-order valence-corrected chi connectivity index (χ2v) is 7.88. The Labute approximate surface area is 148 Å². The summed E-state index contributed by atoms with van der Waals surface area (Å²) < 4.78 is 35.7. The van der Waals surface area contributed by atoms with E-state index >= 15 is 0 Å². The van der Waals surface area contributed by atoms with E-state index in [4.69, 9.17) is 20.5 Å². The second kappa shape index (κ2) is 7.03. The summed E-state index contributed by atoms with van der Waals surface area (Å²) in [5, 5.41) is 0.337. The van der Waals surface area contributed by atoms with Gasteiger partial charge in [0.1, 0.15) is 16.4 Å². The van der Waals surface area contributed by atoms with Gasteiger partial charge in [0.05, 0.1) is 7.11 Å². The zero-order chi connectivity index (χ0) is 18.1. The van der Waals surface area contributed by atoms with Gasteiger partial charge in [0, 0.05) is 5.02 Å². The van der Waals surface area contributed by atoms with E-state index in [9.17, 15) is 8.42 Å². The molecule has 0 aliphatic carbocycles. The minimum absolute atomic E-state index is 0.0915. The molecule has 0 amide bonds. The van der Waals surface area contributed by atoms with E-state index in [-0.39, 0.29) is 16.4 Å². The Morgan fingerprint density at radius 3 is 2.25 bits per heavy atom. The van der Waals surface area contributed by atoms with Crippen molar-refractivity contribution in [2.45, 2.75) is 38.5 Å². The number of halogens is 1. The summed E-state index contributed by atoms with van der Waals surface area (Å²) in [4.78, 5) is -0.0915. The van der Waals surface area contributed by atoms with Crippen LogP contribution in [-0.2, 0) is 10.1 Å². The van der Waals surface area contributed by atoms with Crippen molar-refractivity contribution in [3.8, 4) is 11.5 Å². The minimum Gasteiger partial charge on any atom is -0.495 e. The highest BCUT2D eigenvalue weighted by Gasteiger charge is 2.23. The SMILES string of the molecule is COc1cc(C)c(Cl)cc1S(=O)(=O)Oc1ccc(C(C)C)c(C)c1. The van der Waals surface area contributed by atoms with E-state index in [1.165, 1.54) is 13.2 Å². The van der Waals surface area contributed by atoms with Gasteiger partial charge in [-0.05, 0) is 60.7 Å². The molecular weight excluding hydrogens is 348 g/mol. The molecule has 0 bridgehead atoms. The van der Waals surface area contributed by atoms with Gasteiger partial charge in [-0.1, -0.05) is 31.5 Å². The molecule has 0 aliphatic rings. The van der Waals surface area contributed by atoms with E-state index < -0.39 is 10.1 Å². The summed E-state index contributed by atoms with van der Waals surface area (Å²) in [5.41, 5.74) is 2.85. The molecule has 24 heavy (non-hydrogen) atoms. The molecule has 130 valence electrons. The van der Waals surface area contributed by atoms with Gasteiger partial charge in [-0.2, -0.15) is 8.42 Å². The van der Waals surface area contributed by atoms with Gasteiger partial charge in [0.15, 0.2) is 0 Å². The van der Waals surface area contributed by atoms with Crippen LogP contribution < -0.4 is 8.92 Å². The highest BCUT2D eigenvalue weighted by atomic mass is 35.5. The zero-order valence-corrected chi connectivity index (χ0v) is 16.0. The summed E-state index contributed by atoms with van der Waals surface area (Å²) in [6.45, 7) is 7.87. The molecule has 6 heteroatoms. The van der Waals surface area contributed by atoms with Gasteiger partial charge >= 0.3 is 10.1 Å². The van der Waals surface area contributed by atoms with Gasteiger partial charge < -0.3 is 8.92 Å². The summed E-state index contributed by atoms with van der Waals surface area (Å²) in [5.74, 6) is 0.815. The highest BCUT2D eigenvalue weighted by molar-refractivity contribution is 7.87. The van der Waals surface area contributed by atoms with Crippen LogP contribution in [0, 0.1) is 13.8 Å². The maximum absolute atomic E-state index is 12.6. The Bertz CT molecular complexity index is 858. The first-order valence-corrected chi connectivity index (χ1v) is 9.33. The maximum Gasteiger partial charge on any atom is 0.342 e. The minimum atomic E-state index is -4.05. The second-order valence-electron chi connectivity index (χ2n) is 5.96. The van der Waals surface area contributed by atoms with Gasteiger partial charge in [-0.25, -0.2) is 0 Å². The van der Waals surface area contributed by atoms with Crippen LogP contribution in [0.4, 0.5) is 0 Å². The highest BCUT2D eigenvalue weighted by Crippen LogP contribution is 2.32. The first kappa shape index (κ1) is 18.6. The Hall–Kier alpha value is -1.72. The van der Waals surface area contributed by atoms with Crippen LogP contribution in [0.5, 0.6) is 11.5 Å². The lowest BCUT2D eigenvalue weighted by Gasteiger charge is -2.14. The number of hydrogen-bond acceptors (Lipinski definition) is 4. The standard InChI is InChI=1S/C18H21ClO4S/c1-11(2)15-7-6-14(8-12(15)3)23-24(20,21)18-10-16(19)13(4)9-17(18)22-5/h6-11H,1-5H3. The molecular formula is C18H21ClO4S. The Morgan fingerprint density at radius 2 is 1.71 bits per heavy atom. The first-order chi connectivity index (χ1) is 11.2. The van der Waals surface area contributed by atoms with Crippen molar-refractivity contribution in [3.63, 3.8) is 0 Å². The van der Waals surface area contributed by atoms with E-state index in [1.807, 2.05) is 13.0 Å². The fraction of sp³-hybridized carbons (Fsp3) is 0.333. The molecule has 2 aromatic rings. The lowest BCUT2D eigenvalue weighted by Crippen LogP contribution is -2.12. The van der Waals surface area contributed by atoms with Crippen LogP contribution in [0.15, 0.2) is 35.2 Å². The van der Waals surface area contributed by atoms with Crippen LogP contribution in [0.1, 0.15) is 36.5 Å². The van der Waals surface area contributed by atoms with Crippen molar-refractivity contribution in [1.82, 2.24) is 0 Å². The molecule has 0 atom stereocenters. The summed E-state index contributed by atoms with van der Waals surface area (Å²) >= 11 is 6.06. The Kier molecular flexibility index (Phi) is 5.45. The lowest BCUT2D eigenvalue weighted by atomic mass is 9.98. The predicted octanol–water partition coefficient (Wildman–Crippen LogP) is 4.86. The number of methoxy groups -OCH3 is 1. The molecule has 0 spiro atoms. The monoisotopic (exact) mass is 368 g/mol. The molecule has 2 aromatic carbocycles. The third kappa shape index (κ3) is 3.84. The lowest BCUT2D eigenvalue weighted by molar-refractivity contribution is 0.398. The van der Waals surface area contributed by atoms with E-state index in [0.29, 0.717) is 10.9 Å². The molecule has 4 nitrogen and oxygen atoms in total. The van der Waals surface area contributed by atoms with Crippen LogP contribution in [0.25, 0.3) is 0 Å². The van der Waals surface area contributed by atoms with Gasteiger partial charge in [-0.15, -0.1) is 0 Å². The number of benzene rings is 2. The maximum atomic E-state index is 12.6. The van der Waals surface area contributed by atoms with Crippen molar-refractivity contribution in [2.75, 3.05) is 7.11 Å². The third-order valence-electron chi connectivity index (χ3n) is 3.78. The molecule has 0 radical (unpaired) electrons. The smallest absolute Gasteiger partial charge is 0.342 e. The van der Waals surface area contributed by atoms with Crippen LogP contribution in [-0.4, -0.2) is 15.5 Å². The molecule has 2 rings (SSSR count). The van der Waals surface area contributed by atoms with Crippen molar-refractivity contribution in [3.05, 3.63) is 52.0 Å². The molecule has 0 aromatic heterocycles. The van der Waals surface area contributed by atoms with Crippen molar-refractivity contribution in [1.29, 1.82) is 0 Å². The van der Waals surface area contributed by atoms with Crippen molar-refractivity contribution >= 4 is 21.7 Å². The Balaban J connectivity index is 2.42. The zero-order valence-electron chi connectivity index (χ0n) is 14.4. The first-order valence-electron chi connectivity index (χ1n) is 7.55. The van der Waals surface area contributed by atoms with Crippen LogP contribution in [0.2, 0.25) is 5.02 Å². The normalized spacial score (nSPS) is 11.6. The van der Waals surface area contributed by atoms with Crippen LogP contribution >= 0.6 is 11.6 Å². The fourth-order valence-corrected chi connectivity index (χ4v) is 3.84. The van der Waals surface area contributed by atoms with Crippen molar-refractivity contribution < 1.29 is 17.3 Å². The average molecular weight is 369 g/mol. The number of aryl methyl sites for hydroxylation is 2. The molecule has 0 aliphatic heterocycles. The van der Waals surface area contributed by atoms with Gasteiger partial charge in [0.25, 0.3) is 0 Å². The quantitative estimate of drug-likeness (QED) is 0.707. The number of rotatable bonds is 5. The largest absolute Gasteiger partial charge is 0.495 e. The van der Waals surface area contributed by atoms with Gasteiger partial charge in [0.2, 0.25) is 0 Å². The van der Waals surface area contributed by atoms with Crippen LogP contribution in [0.3, 0.4) is 0 Å². The van der Waals surface area contributed by atoms with Gasteiger partial charge in [-0.3, -0.25) is 0 Å². The summed E-state index contributed by atoms with van der Waals surface area (Å²) in [7, 11) is -2.65. The molecule has 0 fully saturated rings. The molecule has 0 N–H and O–H groups in total. The molecule has 0 unspecified atom stereocenters. The van der Waals surface area contributed by atoms with E-state index in [0.717, 1.165) is 16.7 Å².